The van der Waals surface area contributed by atoms with Crippen molar-refractivity contribution in [2.24, 2.45) is 0 Å². The van der Waals surface area contributed by atoms with E-state index in [1.165, 1.54) is 13.2 Å². The highest BCUT2D eigenvalue weighted by molar-refractivity contribution is 6.31. The first-order chi connectivity index (χ1) is 11.4. The average molecular weight is 348 g/mol. The van der Waals surface area contributed by atoms with Crippen LogP contribution in [0, 0.1) is 0 Å². The number of anilines is 1. The van der Waals surface area contributed by atoms with Gasteiger partial charge in [0.25, 0.3) is 5.91 Å². The van der Waals surface area contributed by atoms with Gasteiger partial charge in [-0.3, -0.25) is 4.79 Å². The Bertz CT molecular complexity index is 741. The first-order valence-corrected chi connectivity index (χ1v) is 7.74. The van der Waals surface area contributed by atoms with Crippen LogP contribution in [0.25, 0.3) is 0 Å². The fourth-order valence-corrected chi connectivity index (χ4v) is 2.20. The molecule has 6 heteroatoms. The van der Waals surface area contributed by atoms with Crippen LogP contribution in [0.1, 0.15) is 34.6 Å². The van der Waals surface area contributed by atoms with Gasteiger partial charge in [-0.2, -0.15) is 0 Å². The van der Waals surface area contributed by atoms with Crippen molar-refractivity contribution in [2.45, 2.75) is 20.0 Å². The van der Waals surface area contributed by atoms with E-state index in [9.17, 15) is 9.59 Å². The van der Waals surface area contributed by atoms with Gasteiger partial charge >= 0.3 is 5.97 Å². The monoisotopic (exact) mass is 347 g/mol. The van der Waals surface area contributed by atoms with Crippen LogP contribution in [0.3, 0.4) is 0 Å². The van der Waals surface area contributed by atoms with Crippen molar-refractivity contribution in [3.05, 3.63) is 58.6 Å². The molecule has 0 spiro atoms. The molecule has 0 heterocycles. The third kappa shape index (κ3) is 4.49. The smallest absolute Gasteiger partial charge is 0.338 e. The summed E-state index contributed by atoms with van der Waals surface area (Å²) in [6.07, 6.45) is -0.188. The van der Waals surface area contributed by atoms with E-state index in [2.05, 4.69) is 5.32 Å². The second kappa shape index (κ2) is 7.84. The van der Waals surface area contributed by atoms with E-state index in [0.717, 1.165) is 0 Å². The van der Waals surface area contributed by atoms with Crippen LogP contribution in [-0.2, 0) is 4.74 Å². The second-order valence-electron chi connectivity index (χ2n) is 5.33. The second-order valence-corrected chi connectivity index (χ2v) is 5.77. The molecule has 1 N–H and O–H groups in total. The predicted molar refractivity (Wildman–Crippen MR) is 93.0 cm³/mol. The van der Waals surface area contributed by atoms with Crippen molar-refractivity contribution in [3.63, 3.8) is 0 Å². The molecule has 0 saturated heterocycles. The molecule has 0 aromatic heterocycles. The van der Waals surface area contributed by atoms with Gasteiger partial charge in [-0.1, -0.05) is 11.6 Å². The summed E-state index contributed by atoms with van der Waals surface area (Å²) in [4.78, 5) is 24.2. The topological polar surface area (TPSA) is 64.6 Å². The zero-order valence-corrected chi connectivity index (χ0v) is 14.4. The van der Waals surface area contributed by atoms with Crippen LogP contribution in [0.2, 0.25) is 5.02 Å². The van der Waals surface area contributed by atoms with E-state index >= 15 is 0 Å². The molecule has 0 atom stereocenters. The molecule has 0 unspecified atom stereocenters. The Morgan fingerprint density at radius 2 is 1.75 bits per heavy atom. The molecule has 126 valence electrons. The largest absolute Gasteiger partial charge is 0.496 e. The maximum Gasteiger partial charge on any atom is 0.338 e. The van der Waals surface area contributed by atoms with Crippen molar-refractivity contribution in [3.8, 4) is 5.75 Å². The number of hydrogen-bond acceptors (Lipinski definition) is 4. The van der Waals surface area contributed by atoms with Crippen molar-refractivity contribution >= 4 is 29.2 Å². The minimum atomic E-state index is -0.403. The fourth-order valence-electron chi connectivity index (χ4n) is 2.03. The first kappa shape index (κ1) is 17.8. The zero-order valence-electron chi connectivity index (χ0n) is 13.6. The SMILES string of the molecule is COc1ccc(Cl)cc1C(=O)Nc1ccc(C(=O)OC(C)C)cc1. The Kier molecular flexibility index (Phi) is 5.82. The highest BCUT2D eigenvalue weighted by Gasteiger charge is 2.14. The van der Waals surface area contributed by atoms with Gasteiger partial charge < -0.3 is 14.8 Å². The van der Waals surface area contributed by atoms with E-state index in [0.29, 0.717) is 27.6 Å². The summed E-state index contributed by atoms with van der Waals surface area (Å²) in [5.74, 6) is -0.333. The number of carbonyl (C=O) groups is 2. The van der Waals surface area contributed by atoms with Gasteiger partial charge in [-0.05, 0) is 56.3 Å². The first-order valence-electron chi connectivity index (χ1n) is 7.36. The lowest BCUT2D eigenvalue weighted by Crippen LogP contribution is -2.14. The number of benzene rings is 2. The van der Waals surface area contributed by atoms with Crippen LogP contribution < -0.4 is 10.1 Å². The Morgan fingerprint density at radius 1 is 1.08 bits per heavy atom. The molecule has 2 aromatic carbocycles. The maximum atomic E-state index is 12.4. The van der Waals surface area contributed by atoms with Gasteiger partial charge in [-0.15, -0.1) is 0 Å². The third-order valence-corrected chi connectivity index (χ3v) is 3.36. The lowest BCUT2D eigenvalue weighted by Gasteiger charge is -2.11. The molecule has 0 aliphatic heterocycles. The van der Waals surface area contributed by atoms with Crippen LogP contribution in [0.4, 0.5) is 5.69 Å². The van der Waals surface area contributed by atoms with Crippen molar-refractivity contribution < 1.29 is 19.1 Å². The quantitative estimate of drug-likeness (QED) is 0.824. The van der Waals surface area contributed by atoms with Crippen LogP contribution in [0.15, 0.2) is 42.5 Å². The molecule has 24 heavy (non-hydrogen) atoms. The summed E-state index contributed by atoms with van der Waals surface area (Å²) in [6.45, 7) is 3.57. The number of carbonyl (C=O) groups excluding carboxylic acids is 2. The number of hydrogen-bond donors (Lipinski definition) is 1. The lowest BCUT2D eigenvalue weighted by molar-refractivity contribution is 0.0378. The molecular weight excluding hydrogens is 330 g/mol. The number of methoxy groups -OCH3 is 1. The van der Waals surface area contributed by atoms with Crippen LogP contribution in [-0.4, -0.2) is 25.1 Å². The summed E-state index contributed by atoms with van der Waals surface area (Å²) in [5.41, 5.74) is 1.29. The number of amides is 1. The molecule has 0 radical (unpaired) electrons. The van der Waals surface area contributed by atoms with Crippen molar-refractivity contribution in [1.82, 2.24) is 0 Å². The zero-order chi connectivity index (χ0) is 17.7. The van der Waals surface area contributed by atoms with E-state index in [4.69, 9.17) is 21.1 Å². The highest BCUT2D eigenvalue weighted by atomic mass is 35.5. The number of halogens is 1. The molecule has 2 aromatic rings. The summed E-state index contributed by atoms with van der Waals surface area (Å²) >= 11 is 5.93. The Hall–Kier alpha value is -2.53. The standard InChI is InChI=1S/C18H18ClNO4/c1-11(2)24-18(22)12-4-7-14(8-5-12)20-17(21)15-10-13(19)6-9-16(15)23-3/h4-11H,1-3H3,(H,20,21). The van der Waals surface area contributed by atoms with Gasteiger partial charge in [0.2, 0.25) is 0 Å². The Balaban J connectivity index is 2.13. The molecular formula is C18H18ClNO4. The van der Waals surface area contributed by atoms with E-state index < -0.39 is 5.97 Å². The number of esters is 1. The predicted octanol–water partition coefficient (Wildman–Crippen LogP) is 4.17. The van der Waals surface area contributed by atoms with Gasteiger partial charge in [0.1, 0.15) is 5.75 Å². The van der Waals surface area contributed by atoms with E-state index in [1.807, 2.05) is 0 Å². The van der Waals surface area contributed by atoms with Crippen LogP contribution >= 0.6 is 11.6 Å². The lowest BCUT2D eigenvalue weighted by atomic mass is 10.1. The molecule has 0 fully saturated rings. The van der Waals surface area contributed by atoms with Gasteiger partial charge in [-0.25, -0.2) is 4.79 Å². The van der Waals surface area contributed by atoms with Crippen molar-refractivity contribution in [1.29, 1.82) is 0 Å². The van der Waals surface area contributed by atoms with E-state index in [1.54, 1.807) is 50.2 Å². The number of rotatable bonds is 5. The Morgan fingerprint density at radius 3 is 2.33 bits per heavy atom. The normalized spacial score (nSPS) is 10.4. The summed E-state index contributed by atoms with van der Waals surface area (Å²) in [5, 5.41) is 3.18. The molecule has 0 saturated carbocycles. The highest BCUT2D eigenvalue weighted by Crippen LogP contribution is 2.24. The summed E-state index contributed by atoms with van der Waals surface area (Å²) in [6, 6.07) is 11.3. The maximum absolute atomic E-state index is 12.4. The fraction of sp³-hybridized carbons (Fsp3) is 0.222. The van der Waals surface area contributed by atoms with Crippen molar-refractivity contribution in [2.75, 3.05) is 12.4 Å². The minimum Gasteiger partial charge on any atom is -0.496 e. The average Bonchev–Trinajstić information content (AvgIpc) is 2.54. The summed E-state index contributed by atoms with van der Waals surface area (Å²) in [7, 11) is 1.48. The molecule has 1 amide bonds. The summed E-state index contributed by atoms with van der Waals surface area (Å²) < 4.78 is 10.3. The van der Waals surface area contributed by atoms with E-state index in [-0.39, 0.29) is 12.0 Å². The number of nitrogens with one attached hydrogen (secondary N) is 1. The molecule has 0 aliphatic rings. The number of ether oxygens (including phenoxy) is 2. The van der Waals surface area contributed by atoms with Gasteiger partial charge in [0, 0.05) is 10.7 Å². The van der Waals surface area contributed by atoms with Gasteiger partial charge in [0.05, 0.1) is 24.3 Å². The molecule has 0 aliphatic carbocycles. The molecule has 0 bridgehead atoms. The van der Waals surface area contributed by atoms with Gasteiger partial charge in [0.15, 0.2) is 0 Å². The van der Waals surface area contributed by atoms with Crippen LogP contribution in [0.5, 0.6) is 5.75 Å². The minimum absolute atomic E-state index is 0.188. The Labute approximate surface area is 145 Å². The third-order valence-electron chi connectivity index (χ3n) is 3.13. The molecule has 5 nitrogen and oxygen atoms in total. The molecule has 2 rings (SSSR count).